The Bertz CT molecular complexity index is 1240. The standard InChI is InChI=1S/C32H38FNO8/c1-3-40-30(31(35)36)21-24-11-15-27(16-12-24)41-20-18-34(32(37)42-29-8-6-7-28(22-29)38-2)17-4-5-19-39-23-25-9-13-26(33)14-10-25/h6-16,22,30H,3-5,17-21,23H2,1-2H3,(H,35,36). The van der Waals surface area contributed by atoms with Crippen LogP contribution in [0.2, 0.25) is 0 Å². The first-order chi connectivity index (χ1) is 20.4. The molecule has 42 heavy (non-hydrogen) atoms. The van der Waals surface area contributed by atoms with Gasteiger partial charge in [-0.1, -0.05) is 30.3 Å². The zero-order valence-corrected chi connectivity index (χ0v) is 24.0. The van der Waals surface area contributed by atoms with Crippen molar-refractivity contribution in [2.75, 3.05) is 40.0 Å². The molecular weight excluding hydrogens is 545 g/mol. The molecule has 0 radical (unpaired) electrons. The van der Waals surface area contributed by atoms with Crippen LogP contribution in [0.15, 0.2) is 72.8 Å². The molecule has 3 rings (SSSR count). The fourth-order valence-electron chi connectivity index (χ4n) is 4.03. The topological polar surface area (TPSA) is 104 Å². The molecule has 0 fully saturated rings. The molecule has 10 heteroatoms. The largest absolute Gasteiger partial charge is 0.497 e. The molecule has 1 amide bonds. The third-order valence-corrected chi connectivity index (χ3v) is 6.27. The van der Waals surface area contributed by atoms with Crippen LogP contribution in [-0.4, -0.2) is 68.2 Å². The lowest BCUT2D eigenvalue weighted by Gasteiger charge is -2.22. The predicted molar refractivity (Wildman–Crippen MR) is 155 cm³/mol. The number of amides is 1. The lowest BCUT2D eigenvalue weighted by Crippen LogP contribution is -2.37. The Morgan fingerprint density at radius 2 is 1.60 bits per heavy atom. The maximum absolute atomic E-state index is 13.1. The third kappa shape index (κ3) is 11.4. The van der Waals surface area contributed by atoms with E-state index in [0.717, 1.165) is 11.1 Å². The van der Waals surface area contributed by atoms with Crippen molar-refractivity contribution in [3.05, 3.63) is 89.7 Å². The van der Waals surface area contributed by atoms with Gasteiger partial charge in [-0.15, -0.1) is 0 Å². The van der Waals surface area contributed by atoms with Crippen molar-refractivity contribution in [1.29, 1.82) is 0 Å². The summed E-state index contributed by atoms with van der Waals surface area (Å²) < 4.78 is 40.7. The van der Waals surface area contributed by atoms with Crippen molar-refractivity contribution in [2.45, 2.75) is 38.9 Å². The summed E-state index contributed by atoms with van der Waals surface area (Å²) >= 11 is 0. The lowest BCUT2D eigenvalue weighted by atomic mass is 10.1. The van der Waals surface area contributed by atoms with Crippen LogP contribution in [0.4, 0.5) is 9.18 Å². The van der Waals surface area contributed by atoms with Gasteiger partial charge >= 0.3 is 12.1 Å². The first-order valence-electron chi connectivity index (χ1n) is 13.9. The summed E-state index contributed by atoms with van der Waals surface area (Å²) in [5.41, 5.74) is 1.70. The zero-order chi connectivity index (χ0) is 30.2. The lowest BCUT2D eigenvalue weighted by molar-refractivity contribution is -0.149. The Labute approximate surface area is 245 Å². The molecule has 1 unspecified atom stereocenters. The predicted octanol–water partition coefficient (Wildman–Crippen LogP) is 5.74. The summed E-state index contributed by atoms with van der Waals surface area (Å²) in [7, 11) is 1.54. The minimum atomic E-state index is -1.00. The van der Waals surface area contributed by atoms with E-state index in [4.69, 9.17) is 23.7 Å². The summed E-state index contributed by atoms with van der Waals surface area (Å²) in [5, 5.41) is 9.30. The van der Waals surface area contributed by atoms with E-state index in [1.54, 1.807) is 79.6 Å². The highest BCUT2D eigenvalue weighted by Crippen LogP contribution is 2.20. The zero-order valence-electron chi connectivity index (χ0n) is 24.0. The van der Waals surface area contributed by atoms with Crippen LogP contribution in [0.25, 0.3) is 0 Å². The summed E-state index contributed by atoms with van der Waals surface area (Å²) in [6.45, 7) is 3.89. The number of hydrogen-bond donors (Lipinski definition) is 1. The molecular formula is C32H38FNO8. The molecule has 0 heterocycles. The van der Waals surface area contributed by atoms with Gasteiger partial charge in [0.2, 0.25) is 0 Å². The highest BCUT2D eigenvalue weighted by atomic mass is 19.1. The minimum Gasteiger partial charge on any atom is -0.497 e. The molecule has 1 N–H and O–H groups in total. The van der Waals surface area contributed by atoms with Crippen LogP contribution in [0.5, 0.6) is 17.2 Å². The van der Waals surface area contributed by atoms with Gasteiger partial charge in [0.05, 0.1) is 20.3 Å². The van der Waals surface area contributed by atoms with Gasteiger partial charge in [0, 0.05) is 32.2 Å². The van der Waals surface area contributed by atoms with Crippen molar-refractivity contribution in [1.82, 2.24) is 4.90 Å². The normalized spacial score (nSPS) is 11.5. The van der Waals surface area contributed by atoms with Crippen LogP contribution in [-0.2, 0) is 27.3 Å². The highest BCUT2D eigenvalue weighted by Gasteiger charge is 2.18. The van der Waals surface area contributed by atoms with E-state index in [1.807, 2.05) is 0 Å². The monoisotopic (exact) mass is 583 g/mol. The number of aliphatic carboxylic acids is 1. The molecule has 0 bridgehead atoms. The molecule has 0 saturated heterocycles. The fraction of sp³-hybridized carbons (Fsp3) is 0.375. The molecule has 3 aromatic carbocycles. The number of nitrogens with zero attached hydrogens (tertiary/aromatic N) is 1. The van der Waals surface area contributed by atoms with Gasteiger partial charge in [-0.3, -0.25) is 0 Å². The van der Waals surface area contributed by atoms with Gasteiger partial charge in [-0.2, -0.15) is 0 Å². The van der Waals surface area contributed by atoms with Crippen molar-refractivity contribution in [3.63, 3.8) is 0 Å². The van der Waals surface area contributed by atoms with Crippen LogP contribution >= 0.6 is 0 Å². The second-order valence-electron chi connectivity index (χ2n) is 9.40. The highest BCUT2D eigenvalue weighted by molar-refractivity contribution is 5.72. The van der Waals surface area contributed by atoms with Crippen LogP contribution in [0.3, 0.4) is 0 Å². The third-order valence-electron chi connectivity index (χ3n) is 6.27. The average Bonchev–Trinajstić information content (AvgIpc) is 2.99. The van der Waals surface area contributed by atoms with Gasteiger partial charge in [-0.25, -0.2) is 14.0 Å². The van der Waals surface area contributed by atoms with Gasteiger partial charge in [0.15, 0.2) is 6.10 Å². The number of unbranched alkanes of at least 4 members (excludes halogenated alkanes) is 1. The van der Waals surface area contributed by atoms with E-state index in [2.05, 4.69) is 0 Å². The Morgan fingerprint density at radius 1 is 0.881 bits per heavy atom. The Balaban J connectivity index is 1.50. The summed E-state index contributed by atoms with van der Waals surface area (Å²) in [5.74, 6) is 0.255. The quantitative estimate of drug-likeness (QED) is 0.189. The first-order valence-corrected chi connectivity index (χ1v) is 13.9. The summed E-state index contributed by atoms with van der Waals surface area (Å²) in [6, 6.07) is 20.1. The number of halogens is 1. The number of carbonyl (C=O) groups is 2. The van der Waals surface area contributed by atoms with Gasteiger partial charge in [0.1, 0.15) is 29.7 Å². The molecule has 0 spiro atoms. The second-order valence-corrected chi connectivity index (χ2v) is 9.40. The van der Waals surface area contributed by atoms with Crippen LogP contribution in [0, 0.1) is 5.82 Å². The van der Waals surface area contributed by atoms with Crippen molar-refractivity contribution in [3.8, 4) is 17.2 Å². The van der Waals surface area contributed by atoms with Gasteiger partial charge < -0.3 is 33.7 Å². The Morgan fingerprint density at radius 3 is 2.29 bits per heavy atom. The molecule has 9 nitrogen and oxygen atoms in total. The summed E-state index contributed by atoms with van der Waals surface area (Å²) in [6.07, 6.45) is 0.229. The van der Waals surface area contributed by atoms with Crippen LogP contribution in [0.1, 0.15) is 30.9 Å². The van der Waals surface area contributed by atoms with Gasteiger partial charge in [-0.05, 0) is 67.3 Å². The number of methoxy groups -OCH3 is 1. The average molecular weight is 584 g/mol. The van der Waals surface area contributed by atoms with E-state index < -0.39 is 18.2 Å². The SMILES string of the molecule is CCOC(Cc1ccc(OCCN(CCCCOCc2ccc(F)cc2)C(=O)Oc2cccc(OC)c2)cc1)C(=O)O. The Hall–Kier alpha value is -4.15. The second kappa shape index (κ2) is 17.6. The first kappa shape index (κ1) is 32.4. The molecule has 1 atom stereocenters. The van der Waals surface area contributed by atoms with E-state index in [-0.39, 0.29) is 25.4 Å². The maximum atomic E-state index is 13.1. The van der Waals surface area contributed by atoms with Crippen molar-refractivity contribution in [2.24, 2.45) is 0 Å². The van der Waals surface area contributed by atoms with E-state index in [0.29, 0.717) is 56.5 Å². The molecule has 0 saturated carbocycles. The fourth-order valence-corrected chi connectivity index (χ4v) is 4.03. The van der Waals surface area contributed by atoms with Crippen molar-refractivity contribution >= 4 is 12.1 Å². The number of carboxylic acid groups (broad SMARTS) is 1. The number of carboxylic acids is 1. The van der Waals surface area contributed by atoms with Crippen LogP contribution < -0.4 is 14.2 Å². The maximum Gasteiger partial charge on any atom is 0.415 e. The molecule has 3 aromatic rings. The van der Waals surface area contributed by atoms with E-state index in [1.165, 1.54) is 12.1 Å². The number of carbonyl (C=O) groups excluding carboxylic acids is 1. The smallest absolute Gasteiger partial charge is 0.415 e. The minimum absolute atomic E-state index is 0.227. The molecule has 0 aliphatic carbocycles. The number of benzene rings is 3. The van der Waals surface area contributed by atoms with E-state index >= 15 is 0 Å². The molecule has 0 aliphatic rings. The Kier molecular flexibility index (Phi) is 13.6. The molecule has 0 aliphatic heterocycles. The molecule has 0 aromatic heterocycles. The van der Waals surface area contributed by atoms with Gasteiger partial charge in [0.25, 0.3) is 0 Å². The van der Waals surface area contributed by atoms with E-state index in [9.17, 15) is 19.1 Å². The summed E-state index contributed by atoms with van der Waals surface area (Å²) in [4.78, 5) is 26.0. The van der Waals surface area contributed by atoms with Crippen molar-refractivity contribution < 1.29 is 42.8 Å². The number of rotatable bonds is 18. The molecule has 226 valence electrons. The number of ether oxygens (including phenoxy) is 5. The number of hydrogen-bond acceptors (Lipinski definition) is 7.